The molecule has 6 aromatic rings. The topological polar surface area (TPSA) is 0 Å². The van der Waals surface area contributed by atoms with Gasteiger partial charge in [0.25, 0.3) is 0 Å². The first-order chi connectivity index (χ1) is 19.8. The van der Waals surface area contributed by atoms with Crippen LogP contribution in [0.15, 0.2) is 109 Å². The Morgan fingerprint density at radius 1 is 0.545 bits per heavy atom. The van der Waals surface area contributed by atoms with Gasteiger partial charge in [-0.05, 0) is 34.1 Å². The van der Waals surface area contributed by atoms with Crippen molar-refractivity contribution >= 4 is 40.0 Å². The fraction of sp³-hybridized carbons (Fsp3) is 0.238. The molecule has 0 nitrogen and oxygen atoms in total. The van der Waals surface area contributed by atoms with Crippen molar-refractivity contribution in [1.29, 1.82) is 0 Å². The molecule has 0 saturated heterocycles. The normalized spacial score (nSPS) is 11.5. The molecule has 0 fully saturated rings. The van der Waals surface area contributed by atoms with Gasteiger partial charge in [0.1, 0.15) is 0 Å². The largest absolute Gasteiger partial charge is 4.00 e. The van der Waals surface area contributed by atoms with E-state index in [1.54, 1.807) is 10.4 Å². The standard InChI is InChI=1S/C40H42Si.2CH3.Hf/c1-7-41(8-2,35-23-33-17-11-19-37(39(33)25-35)31-15-9-13-29(21-31)27(3)4)36-24-34-18-12-20-38(40(34)26-36)32-16-10-14-30(22-32)28(5)6;;;/h9-28H,7-8H2,1-6H3;2*1H3;/q-2;2*-1;+4. The molecule has 0 saturated carbocycles. The van der Waals surface area contributed by atoms with E-state index in [9.17, 15) is 0 Å². The zero-order valence-corrected chi connectivity index (χ0v) is 32.6. The third-order valence-electron chi connectivity index (χ3n) is 9.54. The van der Waals surface area contributed by atoms with E-state index in [0.717, 1.165) is 0 Å². The number of rotatable bonds is 8. The van der Waals surface area contributed by atoms with Crippen molar-refractivity contribution in [2.45, 2.75) is 65.5 Å². The van der Waals surface area contributed by atoms with Crippen LogP contribution in [0.4, 0.5) is 0 Å². The van der Waals surface area contributed by atoms with E-state index >= 15 is 0 Å². The van der Waals surface area contributed by atoms with Gasteiger partial charge >= 0.3 is 25.8 Å². The number of hydrogen-bond donors (Lipinski definition) is 0. The second kappa shape index (κ2) is 14.5. The molecule has 224 valence electrons. The van der Waals surface area contributed by atoms with Gasteiger partial charge in [0.2, 0.25) is 0 Å². The summed E-state index contributed by atoms with van der Waals surface area (Å²) in [7, 11) is -1.97. The van der Waals surface area contributed by atoms with Crippen LogP contribution in [0.2, 0.25) is 12.1 Å². The Balaban J connectivity index is 0.00000176. The summed E-state index contributed by atoms with van der Waals surface area (Å²) in [6.45, 7) is 14.0. The van der Waals surface area contributed by atoms with Gasteiger partial charge in [0, 0.05) is 0 Å². The first kappa shape index (κ1) is 35.7. The van der Waals surface area contributed by atoms with E-state index in [1.807, 2.05) is 0 Å². The van der Waals surface area contributed by atoms with E-state index in [1.165, 1.54) is 67.0 Å². The third-order valence-corrected chi connectivity index (χ3v) is 14.7. The quantitative estimate of drug-likeness (QED) is 0.107. The summed E-state index contributed by atoms with van der Waals surface area (Å²) in [5.74, 6) is 1.04. The van der Waals surface area contributed by atoms with Crippen molar-refractivity contribution in [3.8, 4) is 22.3 Å². The molecule has 0 N–H and O–H groups in total. The average Bonchev–Trinajstić information content (AvgIpc) is 3.63. The zero-order valence-electron chi connectivity index (χ0n) is 28.0. The Morgan fingerprint density at radius 2 is 0.932 bits per heavy atom. The minimum atomic E-state index is -1.97. The van der Waals surface area contributed by atoms with E-state index in [0.29, 0.717) is 11.8 Å². The van der Waals surface area contributed by atoms with Gasteiger partial charge in [-0.2, -0.15) is 12.1 Å². The molecule has 0 radical (unpaired) electrons. The summed E-state index contributed by atoms with van der Waals surface area (Å²) in [6.07, 6.45) is 0. The molecule has 0 aromatic heterocycles. The Bertz CT molecular complexity index is 1690. The molecule has 0 spiro atoms. The van der Waals surface area contributed by atoms with Gasteiger partial charge in [-0.3, -0.25) is 0 Å². The van der Waals surface area contributed by atoms with Gasteiger partial charge in [-0.25, -0.2) is 0 Å². The molecule has 0 aliphatic carbocycles. The van der Waals surface area contributed by atoms with Crippen LogP contribution in [0.1, 0.15) is 64.5 Å². The molecule has 0 amide bonds. The molecule has 0 atom stereocenters. The molecular weight excluding hydrogens is 711 g/mol. The Hall–Kier alpha value is -2.81. The first-order valence-corrected chi connectivity index (χ1v) is 17.9. The van der Waals surface area contributed by atoms with Crippen LogP contribution in [0.5, 0.6) is 0 Å². The van der Waals surface area contributed by atoms with Gasteiger partial charge in [-0.15, -0.1) is 68.3 Å². The van der Waals surface area contributed by atoms with Gasteiger partial charge in [-0.1, -0.05) is 125 Å². The molecule has 0 bridgehead atoms. The van der Waals surface area contributed by atoms with Crippen molar-refractivity contribution in [3.05, 3.63) is 135 Å². The summed E-state index contributed by atoms with van der Waals surface area (Å²) in [6, 6.07) is 44.5. The maximum absolute atomic E-state index is 2.55. The Morgan fingerprint density at radius 3 is 1.30 bits per heavy atom. The summed E-state index contributed by atoms with van der Waals surface area (Å²) in [4.78, 5) is 0. The average molecular weight is 759 g/mol. The second-order valence-electron chi connectivity index (χ2n) is 12.5. The van der Waals surface area contributed by atoms with Gasteiger partial charge in [0.05, 0.1) is 8.07 Å². The second-order valence-corrected chi connectivity index (χ2v) is 17.2. The Kier molecular flexibility index (Phi) is 11.8. The predicted molar refractivity (Wildman–Crippen MR) is 197 cm³/mol. The van der Waals surface area contributed by atoms with Gasteiger partial charge in [0.15, 0.2) is 0 Å². The summed E-state index contributed by atoms with van der Waals surface area (Å²) < 4.78 is 0. The van der Waals surface area contributed by atoms with Crippen molar-refractivity contribution in [2.24, 2.45) is 0 Å². The Labute approximate surface area is 287 Å². The van der Waals surface area contributed by atoms with Crippen LogP contribution < -0.4 is 10.4 Å². The maximum Gasteiger partial charge on any atom is 4.00 e. The number of hydrogen-bond acceptors (Lipinski definition) is 0. The summed E-state index contributed by atoms with van der Waals surface area (Å²) in [5.41, 5.74) is 8.15. The smallest absolute Gasteiger partial charge is 0.358 e. The van der Waals surface area contributed by atoms with Crippen molar-refractivity contribution < 1.29 is 25.8 Å². The first-order valence-electron chi connectivity index (χ1n) is 15.4. The van der Waals surface area contributed by atoms with E-state index < -0.39 is 8.07 Å². The predicted octanol–water partition coefficient (Wildman–Crippen LogP) is 11.5. The minimum absolute atomic E-state index is 0. The van der Waals surface area contributed by atoms with E-state index in [-0.39, 0.29) is 40.7 Å². The van der Waals surface area contributed by atoms with Crippen LogP contribution in [0.3, 0.4) is 0 Å². The number of fused-ring (bicyclic) bond motifs is 2. The SMILES string of the molecule is CC[Si](CC)(c1cc2c(-c3cccc(C(C)C)c3)cccc2[cH-]1)c1cc2c(-c3cccc(C(C)C)c3)cccc2[cH-]1.[CH3-].[CH3-].[Hf+4]. The molecule has 2 heteroatoms. The molecule has 0 heterocycles. The summed E-state index contributed by atoms with van der Waals surface area (Å²) >= 11 is 0. The molecule has 0 aliphatic heterocycles. The molecule has 0 aliphatic rings. The van der Waals surface area contributed by atoms with Crippen LogP contribution >= 0.6 is 0 Å². The molecule has 6 rings (SSSR count). The van der Waals surface area contributed by atoms with Crippen molar-refractivity contribution in [1.82, 2.24) is 0 Å². The number of benzene rings is 4. The van der Waals surface area contributed by atoms with Crippen molar-refractivity contribution in [2.75, 3.05) is 0 Å². The van der Waals surface area contributed by atoms with Crippen LogP contribution in [0, 0.1) is 14.9 Å². The third kappa shape index (κ3) is 6.31. The summed E-state index contributed by atoms with van der Waals surface area (Å²) in [5, 5.41) is 8.67. The van der Waals surface area contributed by atoms with Crippen molar-refractivity contribution in [3.63, 3.8) is 0 Å². The zero-order chi connectivity index (χ0) is 28.7. The van der Waals surface area contributed by atoms with Crippen LogP contribution in [-0.2, 0) is 25.8 Å². The molecule has 6 aromatic carbocycles. The monoisotopic (exact) mass is 760 g/mol. The van der Waals surface area contributed by atoms with Crippen LogP contribution in [-0.4, -0.2) is 8.07 Å². The fourth-order valence-corrected chi connectivity index (χ4v) is 11.1. The van der Waals surface area contributed by atoms with E-state index in [2.05, 4.69) is 151 Å². The minimum Gasteiger partial charge on any atom is -0.358 e. The molecule has 44 heavy (non-hydrogen) atoms. The van der Waals surface area contributed by atoms with Gasteiger partial charge < -0.3 is 14.9 Å². The maximum atomic E-state index is 2.55. The fourth-order valence-electron chi connectivity index (χ4n) is 6.89. The van der Waals surface area contributed by atoms with E-state index in [4.69, 9.17) is 0 Å². The van der Waals surface area contributed by atoms with Crippen LogP contribution in [0.25, 0.3) is 43.8 Å². The molecular formula is C42H48HfSi. The molecule has 0 unspecified atom stereocenters.